The average molecular weight is 792 g/mol. The third-order valence-corrected chi connectivity index (χ3v) is 11.2. The van der Waals surface area contributed by atoms with E-state index < -0.39 is 0 Å². The molecule has 0 aliphatic rings. The molecule has 0 atom stereocenters. The Hall–Kier alpha value is -9.09. The number of anilines is 3. The number of hydrogen-bond donors (Lipinski definition) is 0. The molecule has 0 saturated heterocycles. The predicted octanol–water partition coefficient (Wildman–Crippen LogP) is 13.3. The molecule has 2 aromatic heterocycles. The Labute approximate surface area is 358 Å². The molecule has 0 radical (unpaired) electrons. The van der Waals surface area contributed by atoms with Gasteiger partial charge in [-0.05, 0) is 102 Å². The summed E-state index contributed by atoms with van der Waals surface area (Å²) >= 11 is 0. The first-order chi connectivity index (χ1) is 30.6. The standard InChI is InChI=1S/C55H33N7/c56-34-39-13-7-9-19-47(39)52-33-51(59-55(60-52)48-20-10-8-14-40(48)35-57)38-25-29-46(41(31-38)36-58)37-23-26-44(27-24-37)62-53-22-12-11-21-49(53)50-32-45(28-30-54(50)62)61(42-15-3-1-4-16-42)43-17-5-2-6-18-43/h1-33H. The van der Waals surface area contributed by atoms with Crippen LogP contribution in [0.5, 0.6) is 0 Å². The number of para-hydroxylation sites is 3. The van der Waals surface area contributed by atoms with Gasteiger partial charge in [0.1, 0.15) is 0 Å². The number of fused-ring (bicyclic) bond motifs is 3. The molecule has 0 saturated carbocycles. The van der Waals surface area contributed by atoms with Gasteiger partial charge >= 0.3 is 0 Å². The average Bonchev–Trinajstić information content (AvgIpc) is 3.68. The summed E-state index contributed by atoms with van der Waals surface area (Å²) < 4.78 is 2.29. The third-order valence-electron chi connectivity index (χ3n) is 11.2. The van der Waals surface area contributed by atoms with Crippen LogP contribution >= 0.6 is 0 Å². The molecule has 0 amide bonds. The molecule has 10 aromatic rings. The van der Waals surface area contributed by atoms with Gasteiger partial charge in [-0.2, -0.15) is 15.8 Å². The van der Waals surface area contributed by atoms with Crippen LogP contribution in [-0.4, -0.2) is 14.5 Å². The number of nitriles is 3. The lowest BCUT2D eigenvalue weighted by atomic mass is 9.96. The lowest BCUT2D eigenvalue weighted by Crippen LogP contribution is -2.09. The van der Waals surface area contributed by atoms with Crippen LogP contribution in [0.15, 0.2) is 200 Å². The van der Waals surface area contributed by atoms with E-state index in [1.54, 1.807) is 18.2 Å². The van der Waals surface area contributed by atoms with E-state index in [1.165, 1.54) is 0 Å². The molecule has 0 spiro atoms. The zero-order valence-corrected chi connectivity index (χ0v) is 33.2. The topological polar surface area (TPSA) is 105 Å². The van der Waals surface area contributed by atoms with Crippen LogP contribution in [0.2, 0.25) is 0 Å². The predicted molar refractivity (Wildman–Crippen MR) is 247 cm³/mol. The molecule has 0 N–H and O–H groups in total. The molecule has 2 heterocycles. The van der Waals surface area contributed by atoms with Crippen LogP contribution in [0.3, 0.4) is 0 Å². The van der Waals surface area contributed by atoms with Crippen LogP contribution in [0.4, 0.5) is 17.1 Å². The second kappa shape index (κ2) is 15.9. The summed E-state index contributed by atoms with van der Waals surface area (Å²) in [4.78, 5) is 12.0. The highest BCUT2D eigenvalue weighted by atomic mass is 15.1. The van der Waals surface area contributed by atoms with E-state index in [2.05, 4.69) is 143 Å². The van der Waals surface area contributed by atoms with Gasteiger partial charge in [-0.1, -0.05) is 109 Å². The van der Waals surface area contributed by atoms with Gasteiger partial charge in [0.05, 0.1) is 57.3 Å². The van der Waals surface area contributed by atoms with Gasteiger partial charge in [0.2, 0.25) is 0 Å². The van der Waals surface area contributed by atoms with E-state index >= 15 is 0 Å². The molecular formula is C55H33N7. The zero-order valence-electron chi connectivity index (χ0n) is 33.2. The van der Waals surface area contributed by atoms with E-state index in [1.807, 2.05) is 66.7 Å². The van der Waals surface area contributed by atoms with Crippen LogP contribution in [-0.2, 0) is 0 Å². The Morgan fingerprint density at radius 3 is 1.65 bits per heavy atom. The number of nitrogens with zero attached hydrogens (tertiary/aromatic N) is 7. The summed E-state index contributed by atoms with van der Waals surface area (Å²) in [6.45, 7) is 0. The summed E-state index contributed by atoms with van der Waals surface area (Å²) in [6, 6.07) is 73.3. The summed E-state index contributed by atoms with van der Waals surface area (Å²) in [7, 11) is 0. The molecule has 288 valence electrons. The monoisotopic (exact) mass is 791 g/mol. The SMILES string of the molecule is N#Cc1cc(-c2cc(-c3ccccc3C#N)nc(-c3ccccc3C#N)n2)ccc1-c1ccc(-n2c3ccccc3c3cc(N(c4ccccc4)c4ccccc4)ccc32)cc1. The van der Waals surface area contributed by atoms with Gasteiger partial charge in [0.15, 0.2) is 5.82 Å². The normalized spacial score (nSPS) is 10.9. The Balaban J connectivity index is 1.04. The van der Waals surface area contributed by atoms with Crippen molar-refractivity contribution in [3.05, 3.63) is 217 Å². The molecule has 0 fully saturated rings. The fourth-order valence-corrected chi connectivity index (χ4v) is 8.25. The Kier molecular flexibility index (Phi) is 9.56. The Morgan fingerprint density at radius 1 is 0.387 bits per heavy atom. The Morgan fingerprint density at radius 2 is 0.952 bits per heavy atom. The second-order valence-electron chi connectivity index (χ2n) is 14.8. The number of rotatable bonds is 8. The van der Waals surface area contributed by atoms with Gasteiger partial charge in [-0.25, -0.2) is 9.97 Å². The van der Waals surface area contributed by atoms with Crippen molar-refractivity contribution in [3.63, 3.8) is 0 Å². The van der Waals surface area contributed by atoms with E-state index in [0.29, 0.717) is 50.6 Å². The summed E-state index contributed by atoms with van der Waals surface area (Å²) in [5.41, 5.74) is 12.5. The van der Waals surface area contributed by atoms with Crippen LogP contribution in [0.1, 0.15) is 16.7 Å². The summed E-state index contributed by atoms with van der Waals surface area (Å²) in [6.07, 6.45) is 0. The Bertz CT molecular complexity index is 3330. The lowest BCUT2D eigenvalue weighted by molar-refractivity contribution is 1.18. The van der Waals surface area contributed by atoms with Crippen LogP contribution in [0, 0.1) is 34.0 Å². The lowest BCUT2D eigenvalue weighted by Gasteiger charge is -2.25. The molecule has 7 heteroatoms. The van der Waals surface area contributed by atoms with Gasteiger partial charge < -0.3 is 9.47 Å². The van der Waals surface area contributed by atoms with E-state index in [4.69, 9.17) is 9.97 Å². The van der Waals surface area contributed by atoms with E-state index in [9.17, 15) is 15.8 Å². The molecule has 0 aliphatic heterocycles. The summed E-state index contributed by atoms with van der Waals surface area (Å²) in [5, 5.41) is 32.7. The maximum absolute atomic E-state index is 10.5. The third kappa shape index (κ3) is 6.67. The zero-order chi connectivity index (χ0) is 42.0. The van der Waals surface area contributed by atoms with Crippen LogP contribution < -0.4 is 4.90 Å². The quantitative estimate of drug-likeness (QED) is 0.152. The minimum atomic E-state index is 0.353. The van der Waals surface area contributed by atoms with Crippen molar-refractivity contribution in [2.75, 3.05) is 4.90 Å². The van der Waals surface area contributed by atoms with Crippen molar-refractivity contribution in [1.29, 1.82) is 15.8 Å². The maximum atomic E-state index is 10.5. The molecule has 7 nitrogen and oxygen atoms in total. The number of benzene rings is 8. The van der Waals surface area contributed by atoms with E-state index in [0.717, 1.165) is 55.7 Å². The highest BCUT2D eigenvalue weighted by molar-refractivity contribution is 6.10. The first-order valence-corrected chi connectivity index (χ1v) is 20.1. The van der Waals surface area contributed by atoms with E-state index in [-0.39, 0.29) is 0 Å². The largest absolute Gasteiger partial charge is 0.310 e. The van der Waals surface area contributed by atoms with Gasteiger partial charge in [0.25, 0.3) is 0 Å². The molecule has 0 bridgehead atoms. The fraction of sp³-hybridized carbons (Fsp3) is 0. The number of hydrogen-bond acceptors (Lipinski definition) is 6. The molecule has 0 aliphatic carbocycles. The van der Waals surface area contributed by atoms with Crippen molar-refractivity contribution in [2.24, 2.45) is 0 Å². The minimum absolute atomic E-state index is 0.353. The first-order valence-electron chi connectivity index (χ1n) is 20.1. The molecule has 8 aromatic carbocycles. The summed E-state index contributed by atoms with van der Waals surface area (Å²) in [5.74, 6) is 0.353. The van der Waals surface area contributed by atoms with Gasteiger partial charge in [0, 0.05) is 50.2 Å². The van der Waals surface area contributed by atoms with Crippen molar-refractivity contribution in [1.82, 2.24) is 14.5 Å². The molecule has 10 rings (SSSR count). The van der Waals surface area contributed by atoms with Crippen molar-refractivity contribution >= 4 is 38.9 Å². The van der Waals surface area contributed by atoms with Gasteiger partial charge in [-0.15, -0.1) is 0 Å². The fourth-order valence-electron chi connectivity index (χ4n) is 8.25. The molecular weight excluding hydrogens is 759 g/mol. The smallest absolute Gasteiger partial charge is 0.161 e. The van der Waals surface area contributed by atoms with Crippen molar-refractivity contribution < 1.29 is 0 Å². The minimum Gasteiger partial charge on any atom is -0.310 e. The van der Waals surface area contributed by atoms with Crippen molar-refractivity contribution in [2.45, 2.75) is 0 Å². The second-order valence-corrected chi connectivity index (χ2v) is 14.8. The highest BCUT2D eigenvalue weighted by Gasteiger charge is 2.19. The number of aromatic nitrogens is 3. The highest BCUT2D eigenvalue weighted by Crippen LogP contribution is 2.40. The molecule has 0 unspecified atom stereocenters. The molecule has 62 heavy (non-hydrogen) atoms. The first kappa shape index (κ1) is 37.2. The van der Waals surface area contributed by atoms with Crippen molar-refractivity contribution in [3.8, 4) is 68.9 Å². The maximum Gasteiger partial charge on any atom is 0.161 e. The van der Waals surface area contributed by atoms with Crippen LogP contribution in [0.25, 0.3) is 72.5 Å². The van der Waals surface area contributed by atoms with Gasteiger partial charge in [-0.3, -0.25) is 0 Å².